The van der Waals surface area contributed by atoms with Crippen LogP contribution in [0.15, 0.2) is 16.5 Å². The Morgan fingerprint density at radius 3 is 2.14 bits per heavy atom. The quantitative estimate of drug-likeness (QED) is 0.384. The van der Waals surface area contributed by atoms with E-state index in [9.17, 15) is 4.79 Å². The largest absolute Gasteiger partial charge is 4.00 e. The maximum absolute atomic E-state index is 10.3. The Morgan fingerprint density at radius 2 is 2.00 bits per heavy atom. The van der Waals surface area contributed by atoms with E-state index < -0.39 is 0 Å². The molecule has 0 saturated carbocycles. The number of allylic oxidation sites excluding steroid dienone is 4. The third kappa shape index (κ3) is 6.99. The zero-order valence-electron chi connectivity index (χ0n) is 7.52. The van der Waals surface area contributed by atoms with Crippen LogP contribution in [0.4, 0.5) is 0 Å². The normalized spacial score (nSPS) is 15.7. The van der Waals surface area contributed by atoms with Gasteiger partial charge in [-0.1, -0.05) is 0 Å². The van der Waals surface area contributed by atoms with E-state index >= 15 is 0 Å². The number of fused-ring (bicyclic) bond motifs is 1. The van der Waals surface area contributed by atoms with Gasteiger partial charge in [0.25, 0.3) is 0 Å². The molecule has 1 fully saturated rings. The van der Waals surface area contributed by atoms with Crippen LogP contribution in [-0.2, 0) is 26.5 Å². The fourth-order valence-electron chi connectivity index (χ4n) is 0.752. The first-order chi connectivity index (χ1) is 5.27. The van der Waals surface area contributed by atoms with Gasteiger partial charge in [-0.25, -0.2) is 5.20 Å². The minimum atomic E-state index is 0. The summed E-state index contributed by atoms with van der Waals surface area (Å²) in [5.41, 5.74) is 0. The molecule has 2 aliphatic rings. The third-order valence-electron chi connectivity index (χ3n) is 1.37. The second kappa shape index (κ2) is 10.1. The van der Waals surface area contributed by atoms with E-state index in [1.54, 1.807) is 6.08 Å². The second-order valence-corrected chi connectivity index (χ2v) is 4.21. The van der Waals surface area contributed by atoms with Crippen molar-refractivity contribution in [2.75, 3.05) is 6.61 Å². The molecule has 76 valence electrons. The fourth-order valence-corrected chi connectivity index (χ4v) is 1.78. The van der Waals surface area contributed by atoms with E-state index in [2.05, 4.69) is 13.0 Å². The van der Waals surface area contributed by atoms with Crippen molar-refractivity contribution in [3.8, 4) is 0 Å². The van der Waals surface area contributed by atoms with Crippen molar-refractivity contribution in [1.82, 2.24) is 0 Å². The van der Waals surface area contributed by atoms with Crippen molar-refractivity contribution in [2.24, 2.45) is 0 Å². The van der Waals surface area contributed by atoms with Gasteiger partial charge in [0.15, 0.2) is 0 Å². The van der Waals surface area contributed by atoms with Gasteiger partial charge in [-0.3, -0.25) is 0 Å². The molecule has 0 amide bonds. The summed E-state index contributed by atoms with van der Waals surface area (Å²) in [5.74, 6) is 0.0868. The van der Waals surface area contributed by atoms with Crippen LogP contribution in [0.5, 0.6) is 0 Å². The van der Waals surface area contributed by atoms with Crippen LogP contribution < -0.4 is 24.8 Å². The molecule has 0 spiro atoms. The van der Waals surface area contributed by atoms with Gasteiger partial charge in [-0.15, -0.1) is 6.08 Å². The second-order valence-electron chi connectivity index (χ2n) is 2.39. The zero-order chi connectivity index (χ0) is 8.27. The first kappa shape index (κ1) is 20.1. The molecule has 6 heteroatoms. The maximum Gasteiger partial charge on any atom is 4.00 e. The van der Waals surface area contributed by atoms with Gasteiger partial charge in [0, 0.05) is 6.61 Å². The molecular weight excluding hydrogens is 275 g/mol. The number of aliphatic hydroxyl groups is 1. The number of carbonyl (C=O) groups excluding carboxylic acids is 1. The predicted octanol–water partition coefficient (Wildman–Crippen LogP) is -6.47. The SMILES string of the molecule is O=C1[C-]=C2[SiH2]C2=C1.[CH2-]CCO.[Cl-].[Cl-].[Ti+4]. The monoisotopic (exact) mass is 284 g/mol. The maximum atomic E-state index is 10.3. The minimum Gasteiger partial charge on any atom is -1.00 e. The first-order valence-electron chi connectivity index (χ1n) is 3.55. The summed E-state index contributed by atoms with van der Waals surface area (Å²) in [6.45, 7) is 3.56. The van der Waals surface area contributed by atoms with Crippen molar-refractivity contribution < 1.29 is 56.4 Å². The van der Waals surface area contributed by atoms with E-state index in [-0.39, 0.29) is 68.4 Å². The average molecular weight is 285 g/mol. The van der Waals surface area contributed by atoms with E-state index in [4.69, 9.17) is 5.11 Å². The number of hydrogen-bond donors (Lipinski definition) is 1. The van der Waals surface area contributed by atoms with Crippen LogP contribution in [0.2, 0.25) is 0 Å². The number of aliphatic hydroxyl groups excluding tert-OH is 1. The number of rotatable bonds is 1. The molecule has 2 nitrogen and oxygen atoms in total. The van der Waals surface area contributed by atoms with E-state index in [0.717, 1.165) is 0 Å². The van der Waals surface area contributed by atoms with Crippen LogP contribution in [-0.4, -0.2) is 27.0 Å². The molecule has 2 rings (SSSR count). The third-order valence-corrected chi connectivity index (χ3v) is 2.86. The summed E-state index contributed by atoms with van der Waals surface area (Å²) in [5, 5.41) is 10.4. The van der Waals surface area contributed by atoms with Crippen LogP contribution >= 0.6 is 0 Å². The first-order valence-corrected chi connectivity index (χ1v) is 4.97. The van der Waals surface area contributed by atoms with Crippen LogP contribution in [0, 0.1) is 13.0 Å². The molecular formula is C8H10Cl2O2SiTi. The van der Waals surface area contributed by atoms with Crippen LogP contribution in [0.3, 0.4) is 0 Å². The molecule has 0 aromatic carbocycles. The Balaban J connectivity index is -0.000000159. The topological polar surface area (TPSA) is 37.3 Å². The van der Waals surface area contributed by atoms with E-state index in [0.29, 0.717) is 6.42 Å². The van der Waals surface area contributed by atoms with Crippen molar-refractivity contribution >= 4 is 15.3 Å². The van der Waals surface area contributed by atoms with Gasteiger partial charge in [0.05, 0.1) is 5.78 Å². The van der Waals surface area contributed by atoms with Crippen molar-refractivity contribution in [3.63, 3.8) is 0 Å². The van der Waals surface area contributed by atoms with Gasteiger partial charge in [0.2, 0.25) is 0 Å². The summed E-state index contributed by atoms with van der Waals surface area (Å²) in [7, 11) is 0.00585. The zero-order valence-corrected chi connectivity index (χ0v) is 12.0. The van der Waals surface area contributed by atoms with Crippen molar-refractivity contribution in [2.45, 2.75) is 6.42 Å². The molecule has 1 N–H and O–H groups in total. The summed E-state index contributed by atoms with van der Waals surface area (Å²) >= 11 is 0. The minimum absolute atomic E-state index is 0. The van der Waals surface area contributed by atoms with Crippen LogP contribution in [0.1, 0.15) is 6.42 Å². The number of ketones is 1. The molecule has 0 unspecified atom stereocenters. The van der Waals surface area contributed by atoms with Crippen LogP contribution in [0.25, 0.3) is 0 Å². The van der Waals surface area contributed by atoms with Gasteiger partial charge in [0.1, 0.15) is 0 Å². The smallest absolute Gasteiger partial charge is 1.00 e. The molecule has 0 radical (unpaired) electrons. The van der Waals surface area contributed by atoms with Crippen molar-refractivity contribution in [3.05, 3.63) is 29.5 Å². The molecule has 0 atom stereocenters. The van der Waals surface area contributed by atoms with E-state index in [1.807, 2.05) is 0 Å². The summed E-state index contributed by atoms with van der Waals surface area (Å²) in [4.78, 5) is 10.3. The average Bonchev–Trinajstić information content (AvgIpc) is 2.61. The molecule has 0 aromatic rings. The predicted molar refractivity (Wildman–Crippen MR) is 45.4 cm³/mol. The summed E-state index contributed by atoms with van der Waals surface area (Å²) in [6.07, 6.45) is 5.07. The Kier molecular flexibility index (Phi) is 14.6. The fraction of sp³-hybridized carbons (Fsp3) is 0.250. The molecule has 1 aliphatic carbocycles. The Morgan fingerprint density at radius 1 is 1.50 bits per heavy atom. The summed E-state index contributed by atoms with van der Waals surface area (Å²) < 4.78 is 0. The van der Waals surface area contributed by atoms with Gasteiger partial charge >= 0.3 is 21.7 Å². The Bertz CT molecular complexity index is 219. The number of halogens is 2. The molecule has 0 aromatic heterocycles. The van der Waals surface area contributed by atoms with E-state index in [1.165, 1.54) is 10.4 Å². The summed E-state index contributed by atoms with van der Waals surface area (Å²) in [6, 6.07) is 0. The Labute approximate surface area is 114 Å². The standard InChI is InChI=1S/C5H3OSi.C3H7O.2ClH.Ti/c6-3-1-4-5(2-3)7-4;1-2-3-4;;;/h1H,7H2;4H,1-3H2;2*1H;/q2*-1;;;+4/p-2. The number of carbonyl (C=O) groups is 1. The molecule has 1 heterocycles. The van der Waals surface area contributed by atoms with Crippen molar-refractivity contribution in [1.29, 1.82) is 0 Å². The molecule has 14 heavy (non-hydrogen) atoms. The number of hydrogen-bond acceptors (Lipinski definition) is 2. The van der Waals surface area contributed by atoms with Gasteiger partial charge < -0.3 is 41.6 Å². The van der Waals surface area contributed by atoms with Gasteiger partial charge in [-0.05, 0) is 9.52 Å². The molecule has 1 aliphatic heterocycles. The Hall–Kier alpha value is 0.621. The van der Waals surface area contributed by atoms with Gasteiger partial charge in [-0.2, -0.15) is 17.7 Å². The molecule has 0 bridgehead atoms. The molecule has 1 saturated heterocycles.